The molecule has 0 aliphatic heterocycles. The molecule has 11 heteroatoms. The summed E-state index contributed by atoms with van der Waals surface area (Å²) >= 11 is 0. The van der Waals surface area contributed by atoms with Gasteiger partial charge in [0, 0.05) is 11.3 Å². The van der Waals surface area contributed by atoms with Crippen LogP contribution in [0.3, 0.4) is 0 Å². The predicted octanol–water partition coefficient (Wildman–Crippen LogP) is 3.74. The fourth-order valence-corrected chi connectivity index (χ4v) is 3.21. The zero-order valence-corrected chi connectivity index (χ0v) is 15.7. The number of anilines is 2. The Morgan fingerprint density at radius 1 is 1.10 bits per heavy atom. The van der Waals surface area contributed by atoms with E-state index >= 15 is 0 Å². The van der Waals surface area contributed by atoms with Crippen LogP contribution < -0.4 is 11.5 Å². The molecule has 0 amide bonds. The Balaban J connectivity index is 1.83. The topological polar surface area (TPSA) is 119 Å². The summed E-state index contributed by atoms with van der Waals surface area (Å²) in [6.07, 6.45) is -3.25. The van der Waals surface area contributed by atoms with Gasteiger partial charge in [0.05, 0.1) is 24.0 Å². The second kappa shape index (κ2) is 7.24. The van der Waals surface area contributed by atoms with Crippen LogP contribution in [0, 0.1) is 17.1 Å². The number of hydrogen-bond acceptors (Lipinski definition) is 6. The number of nitriles is 1. The molecule has 4 rings (SSSR count). The predicted molar refractivity (Wildman–Crippen MR) is 105 cm³/mol. The van der Waals surface area contributed by atoms with Crippen LogP contribution in [0.2, 0.25) is 0 Å². The molecular formula is C20H13F4N7. The molecule has 7 nitrogen and oxygen atoms in total. The first-order valence-corrected chi connectivity index (χ1v) is 8.82. The van der Waals surface area contributed by atoms with Gasteiger partial charge in [0.1, 0.15) is 23.1 Å². The number of alkyl halides is 3. The van der Waals surface area contributed by atoms with Crippen molar-refractivity contribution < 1.29 is 17.6 Å². The largest absolute Gasteiger partial charge is 0.418 e. The molecule has 0 unspecified atom stereocenters. The Kier molecular flexibility index (Phi) is 4.69. The summed E-state index contributed by atoms with van der Waals surface area (Å²) < 4.78 is 55.6. The Labute approximate surface area is 172 Å². The number of hydrogen-bond donors (Lipinski definition) is 2. The maximum atomic E-state index is 14.7. The fourth-order valence-electron chi connectivity index (χ4n) is 3.21. The van der Waals surface area contributed by atoms with Crippen LogP contribution in [0.4, 0.5) is 29.2 Å². The van der Waals surface area contributed by atoms with Crippen LogP contribution in [0.5, 0.6) is 0 Å². The first-order chi connectivity index (χ1) is 14.7. The minimum absolute atomic E-state index is 0.00948. The minimum Gasteiger partial charge on any atom is -0.398 e. The summed E-state index contributed by atoms with van der Waals surface area (Å²) in [5.74, 6) is -0.966. The Morgan fingerprint density at radius 3 is 2.58 bits per heavy atom. The summed E-state index contributed by atoms with van der Waals surface area (Å²) in [6.45, 7) is -0.0174. The molecule has 0 atom stereocenters. The van der Waals surface area contributed by atoms with Gasteiger partial charge >= 0.3 is 6.18 Å². The van der Waals surface area contributed by atoms with E-state index in [1.165, 1.54) is 41.2 Å². The van der Waals surface area contributed by atoms with Gasteiger partial charge < -0.3 is 16.0 Å². The van der Waals surface area contributed by atoms with Crippen molar-refractivity contribution in [3.63, 3.8) is 0 Å². The van der Waals surface area contributed by atoms with Crippen LogP contribution in [0.25, 0.3) is 22.4 Å². The number of imidazole rings is 1. The molecule has 0 spiro atoms. The second-order valence-corrected chi connectivity index (χ2v) is 6.67. The molecule has 0 aliphatic carbocycles. The number of nitrogens with zero attached hydrogens (tertiary/aromatic N) is 5. The molecule has 0 saturated heterocycles. The van der Waals surface area contributed by atoms with E-state index in [2.05, 4.69) is 15.0 Å². The molecule has 156 valence electrons. The van der Waals surface area contributed by atoms with Crippen molar-refractivity contribution in [3.05, 3.63) is 65.2 Å². The highest BCUT2D eigenvalue weighted by Crippen LogP contribution is 2.34. The molecule has 2 aromatic heterocycles. The van der Waals surface area contributed by atoms with Gasteiger partial charge in [-0.15, -0.1) is 0 Å². The fraction of sp³-hybridized carbons (Fsp3) is 0.100. The Bertz CT molecular complexity index is 1350. The van der Waals surface area contributed by atoms with E-state index in [0.29, 0.717) is 5.56 Å². The number of aromatic nitrogens is 4. The summed E-state index contributed by atoms with van der Waals surface area (Å²) in [5, 5.41) is 9.07. The second-order valence-electron chi connectivity index (χ2n) is 6.67. The van der Waals surface area contributed by atoms with Gasteiger partial charge in [-0.1, -0.05) is 12.1 Å². The lowest BCUT2D eigenvalue weighted by Crippen LogP contribution is -2.10. The van der Waals surface area contributed by atoms with E-state index in [1.54, 1.807) is 6.07 Å². The molecule has 0 fully saturated rings. The number of halogens is 4. The molecule has 0 saturated carbocycles. The lowest BCUT2D eigenvalue weighted by atomic mass is 10.1. The SMILES string of the molecule is N#Cc1cccc(-c2nc(N)nc3c2ncn3Cc2ccc(N)c(C(F)(F)F)c2)c1F. The van der Waals surface area contributed by atoms with Crippen LogP contribution in [0.15, 0.2) is 42.7 Å². The van der Waals surface area contributed by atoms with Crippen LogP contribution >= 0.6 is 0 Å². The van der Waals surface area contributed by atoms with Gasteiger partial charge in [-0.25, -0.2) is 14.4 Å². The third-order valence-electron chi connectivity index (χ3n) is 4.63. The number of nitrogen functional groups attached to an aromatic ring is 2. The molecular weight excluding hydrogens is 414 g/mol. The van der Waals surface area contributed by atoms with Crippen molar-refractivity contribution in [2.45, 2.75) is 12.7 Å². The van der Waals surface area contributed by atoms with Gasteiger partial charge in [0.2, 0.25) is 5.95 Å². The van der Waals surface area contributed by atoms with Crippen molar-refractivity contribution in [2.75, 3.05) is 11.5 Å². The first-order valence-electron chi connectivity index (χ1n) is 8.82. The zero-order chi connectivity index (χ0) is 22.3. The number of rotatable bonds is 3. The number of benzene rings is 2. The molecule has 4 aromatic rings. The Morgan fingerprint density at radius 2 is 1.87 bits per heavy atom. The molecule has 2 heterocycles. The quantitative estimate of drug-likeness (QED) is 0.380. The van der Waals surface area contributed by atoms with Gasteiger partial charge in [0.25, 0.3) is 0 Å². The summed E-state index contributed by atoms with van der Waals surface area (Å²) in [5.41, 5.74) is 10.5. The van der Waals surface area contributed by atoms with Gasteiger partial charge in [-0.05, 0) is 29.8 Å². The van der Waals surface area contributed by atoms with Crippen LogP contribution in [0.1, 0.15) is 16.7 Å². The smallest absolute Gasteiger partial charge is 0.398 e. The van der Waals surface area contributed by atoms with E-state index < -0.39 is 17.6 Å². The monoisotopic (exact) mass is 427 g/mol. The highest BCUT2D eigenvalue weighted by molar-refractivity contribution is 5.88. The van der Waals surface area contributed by atoms with Crippen molar-refractivity contribution >= 4 is 22.8 Å². The summed E-state index contributed by atoms with van der Waals surface area (Å²) in [7, 11) is 0. The van der Waals surface area contributed by atoms with Crippen molar-refractivity contribution in [2.24, 2.45) is 0 Å². The van der Waals surface area contributed by atoms with Crippen LogP contribution in [-0.2, 0) is 12.7 Å². The highest BCUT2D eigenvalue weighted by Gasteiger charge is 2.33. The van der Waals surface area contributed by atoms with E-state index in [9.17, 15) is 17.6 Å². The average molecular weight is 427 g/mol. The zero-order valence-electron chi connectivity index (χ0n) is 15.7. The van der Waals surface area contributed by atoms with Gasteiger partial charge in [0.15, 0.2) is 5.65 Å². The average Bonchev–Trinajstić information content (AvgIpc) is 3.10. The van der Waals surface area contributed by atoms with Crippen LogP contribution in [-0.4, -0.2) is 19.5 Å². The third kappa shape index (κ3) is 3.59. The van der Waals surface area contributed by atoms with Gasteiger partial charge in [-0.2, -0.15) is 23.4 Å². The molecule has 2 aromatic carbocycles. The number of fused-ring (bicyclic) bond motifs is 1. The van der Waals surface area contributed by atoms with E-state index in [4.69, 9.17) is 16.7 Å². The highest BCUT2D eigenvalue weighted by atomic mass is 19.4. The molecule has 31 heavy (non-hydrogen) atoms. The standard InChI is InChI=1S/C20H13F4N7/c21-15-11(7-25)2-1-3-12(15)16-17-18(30-19(27)29-16)31(9-28-17)8-10-4-5-14(26)13(6-10)20(22,23)24/h1-6,9H,8,26H2,(H2,27,29,30). The molecule has 4 N–H and O–H groups in total. The maximum absolute atomic E-state index is 14.7. The van der Waals surface area contributed by atoms with E-state index in [1.807, 2.05) is 0 Å². The summed E-state index contributed by atoms with van der Waals surface area (Å²) in [6, 6.07) is 9.56. The molecule has 0 radical (unpaired) electrons. The van der Waals surface area contributed by atoms with Gasteiger partial charge in [-0.3, -0.25) is 0 Å². The van der Waals surface area contributed by atoms with Crippen molar-refractivity contribution in [1.29, 1.82) is 5.26 Å². The minimum atomic E-state index is -4.60. The van der Waals surface area contributed by atoms with E-state index in [-0.39, 0.29) is 46.2 Å². The lowest BCUT2D eigenvalue weighted by molar-refractivity contribution is -0.136. The third-order valence-corrected chi connectivity index (χ3v) is 4.63. The van der Waals surface area contributed by atoms with Crippen molar-refractivity contribution in [3.8, 4) is 17.3 Å². The normalized spacial score (nSPS) is 11.6. The Hall–Kier alpha value is -4.20. The first kappa shape index (κ1) is 20.1. The van der Waals surface area contributed by atoms with Crippen molar-refractivity contribution in [1.82, 2.24) is 19.5 Å². The molecule has 0 aliphatic rings. The summed E-state index contributed by atoms with van der Waals surface area (Å²) in [4.78, 5) is 12.4. The maximum Gasteiger partial charge on any atom is 0.418 e. The lowest BCUT2D eigenvalue weighted by Gasteiger charge is -2.12. The van der Waals surface area contributed by atoms with E-state index in [0.717, 1.165) is 6.07 Å². The number of nitrogens with two attached hydrogens (primary N) is 2. The molecule has 0 bridgehead atoms.